The molecule has 0 aromatic heterocycles. The Morgan fingerprint density at radius 1 is 1.26 bits per heavy atom. The van der Waals surface area contributed by atoms with E-state index in [1.54, 1.807) is 19.2 Å². The summed E-state index contributed by atoms with van der Waals surface area (Å²) in [5.41, 5.74) is 1.90. The van der Waals surface area contributed by atoms with Crippen molar-refractivity contribution in [2.75, 3.05) is 33.3 Å². The molecular formula is C24H28FN3O3. The number of piperazine rings is 1. The van der Waals surface area contributed by atoms with Crippen molar-refractivity contribution in [3.8, 4) is 5.75 Å². The number of methoxy groups -OCH3 is 1. The number of halogens is 1. The van der Waals surface area contributed by atoms with Crippen LogP contribution in [-0.2, 0) is 16.0 Å². The van der Waals surface area contributed by atoms with Crippen molar-refractivity contribution >= 4 is 17.9 Å². The molecule has 164 valence electrons. The molecule has 1 unspecified atom stereocenters. The lowest BCUT2D eigenvalue weighted by Gasteiger charge is -2.33. The standard InChI is InChI=1S/C24H28FN3O3/c1-31-22-7-3-2-5-19(22)6-4-15-28-16-14-27-24(30)21(28)17-23(29)26-13-12-18-8-10-20(25)11-9-18/h2-11,21H,12-17H2,1H3,(H,26,29)(H,27,30)/b6-4+. The summed E-state index contributed by atoms with van der Waals surface area (Å²) in [6.45, 7) is 2.23. The number of ether oxygens (including phenoxy) is 1. The zero-order valence-electron chi connectivity index (χ0n) is 17.6. The Balaban J connectivity index is 1.52. The van der Waals surface area contributed by atoms with E-state index in [0.29, 0.717) is 32.6 Å². The minimum Gasteiger partial charge on any atom is -0.496 e. The number of carbonyl (C=O) groups is 2. The van der Waals surface area contributed by atoms with Crippen LogP contribution in [0.2, 0.25) is 0 Å². The molecule has 1 aliphatic rings. The van der Waals surface area contributed by atoms with E-state index >= 15 is 0 Å². The van der Waals surface area contributed by atoms with Gasteiger partial charge in [0.1, 0.15) is 11.6 Å². The quantitative estimate of drug-likeness (QED) is 0.647. The number of nitrogens with one attached hydrogen (secondary N) is 2. The molecule has 0 radical (unpaired) electrons. The fraction of sp³-hybridized carbons (Fsp3) is 0.333. The van der Waals surface area contributed by atoms with Crippen LogP contribution in [0.25, 0.3) is 6.08 Å². The second-order valence-corrected chi connectivity index (χ2v) is 7.38. The van der Waals surface area contributed by atoms with Gasteiger partial charge in [-0.2, -0.15) is 0 Å². The highest BCUT2D eigenvalue weighted by molar-refractivity contribution is 5.88. The number of nitrogens with zero attached hydrogens (tertiary/aromatic N) is 1. The Morgan fingerprint density at radius 2 is 2.03 bits per heavy atom. The van der Waals surface area contributed by atoms with Crippen molar-refractivity contribution < 1.29 is 18.7 Å². The Bertz CT molecular complexity index is 915. The molecule has 7 heteroatoms. The van der Waals surface area contributed by atoms with E-state index < -0.39 is 6.04 Å². The van der Waals surface area contributed by atoms with Gasteiger partial charge in [-0.1, -0.05) is 42.5 Å². The largest absolute Gasteiger partial charge is 0.496 e. The highest BCUT2D eigenvalue weighted by Crippen LogP contribution is 2.19. The van der Waals surface area contributed by atoms with Crippen LogP contribution in [0.5, 0.6) is 5.75 Å². The fourth-order valence-electron chi connectivity index (χ4n) is 3.57. The summed E-state index contributed by atoms with van der Waals surface area (Å²) in [6.07, 6.45) is 4.65. The molecule has 1 fully saturated rings. The van der Waals surface area contributed by atoms with Gasteiger partial charge in [-0.3, -0.25) is 14.5 Å². The normalized spacial score (nSPS) is 16.8. The van der Waals surface area contributed by atoms with Gasteiger partial charge in [0.25, 0.3) is 0 Å². The Labute approximate surface area is 182 Å². The average molecular weight is 426 g/mol. The van der Waals surface area contributed by atoms with Crippen molar-refractivity contribution in [3.05, 3.63) is 71.6 Å². The number of benzene rings is 2. The monoisotopic (exact) mass is 425 g/mol. The van der Waals surface area contributed by atoms with Crippen LogP contribution in [-0.4, -0.2) is 56.0 Å². The highest BCUT2D eigenvalue weighted by Gasteiger charge is 2.30. The van der Waals surface area contributed by atoms with Crippen LogP contribution < -0.4 is 15.4 Å². The smallest absolute Gasteiger partial charge is 0.237 e. The van der Waals surface area contributed by atoms with Crippen LogP contribution in [0, 0.1) is 5.82 Å². The molecule has 1 heterocycles. The van der Waals surface area contributed by atoms with Gasteiger partial charge in [0.05, 0.1) is 19.6 Å². The molecule has 0 aliphatic carbocycles. The number of para-hydroxylation sites is 1. The Hall–Kier alpha value is -3.19. The van der Waals surface area contributed by atoms with E-state index in [4.69, 9.17) is 4.74 Å². The van der Waals surface area contributed by atoms with E-state index in [2.05, 4.69) is 10.6 Å². The molecule has 1 atom stereocenters. The minimum absolute atomic E-state index is 0.0950. The van der Waals surface area contributed by atoms with Gasteiger partial charge in [-0.15, -0.1) is 0 Å². The summed E-state index contributed by atoms with van der Waals surface area (Å²) in [7, 11) is 1.63. The maximum absolute atomic E-state index is 13.0. The molecule has 0 spiro atoms. The first kappa shape index (κ1) is 22.5. The van der Waals surface area contributed by atoms with Gasteiger partial charge in [-0.25, -0.2) is 4.39 Å². The first-order chi connectivity index (χ1) is 15.1. The summed E-state index contributed by atoms with van der Waals surface area (Å²) in [6, 6.07) is 13.4. The van der Waals surface area contributed by atoms with Gasteiger partial charge in [0.2, 0.25) is 11.8 Å². The van der Waals surface area contributed by atoms with E-state index in [1.807, 2.05) is 41.3 Å². The second kappa shape index (κ2) is 11.3. The topological polar surface area (TPSA) is 70.7 Å². The van der Waals surface area contributed by atoms with Gasteiger partial charge in [0.15, 0.2) is 0 Å². The molecule has 6 nitrogen and oxygen atoms in total. The zero-order valence-corrected chi connectivity index (χ0v) is 17.6. The number of carbonyl (C=O) groups excluding carboxylic acids is 2. The average Bonchev–Trinajstić information content (AvgIpc) is 2.77. The lowest BCUT2D eigenvalue weighted by Crippen LogP contribution is -2.56. The predicted octanol–water partition coefficient (Wildman–Crippen LogP) is 2.40. The molecule has 31 heavy (non-hydrogen) atoms. The van der Waals surface area contributed by atoms with Crippen molar-refractivity contribution in [2.45, 2.75) is 18.9 Å². The SMILES string of the molecule is COc1ccccc1/C=C/CN1CCNC(=O)C1CC(=O)NCCc1ccc(F)cc1. The maximum atomic E-state index is 13.0. The summed E-state index contributed by atoms with van der Waals surface area (Å²) < 4.78 is 18.3. The molecule has 1 saturated heterocycles. The second-order valence-electron chi connectivity index (χ2n) is 7.38. The first-order valence-corrected chi connectivity index (χ1v) is 10.4. The van der Waals surface area contributed by atoms with Crippen LogP contribution in [0.15, 0.2) is 54.6 Å². The van der Waals surface area contributed by atoms with E-state index in [-0.39, 0.29) is 24.1 Å². The number of hydrogen-bond acceptors (Lipinski definition) is 4. The van der Waals surface area contributed by atoms with Crippen LogP contribution in [0.3, 0.4) is 0 Å². The third-order valence-electron chi connectivity index (χ3n) is 5.25. The molecule has 1 aliphatic heterocycles. The van der Waals surface area contributed by atoms with Gasteiger partial charge >= 0.3 is 0 Å². The summed E-state index contributed by atoms with van der Waals surface area (Å²) in [5, 5.41) is 5.70. The maximum Gasteiger partial charge on any atom is 0.237 e. The van der Waals surface area contributed by atoms with Gasteiger partial charge < -0.3 is 15.4 Å². The molecule has 2 amide bonds. The third kappa shape index (κ3) is 6.65. The fourth-order valence-corrected chi connectivity index (χ4v) is 3.57. The van der Waals surface area contributed by atoms with E-state index in [1.165, 1.54) is 12.1 Å². The summed E-state index contributed by atoms with van der Waals surface area (Å²) >= 11 is 0. The van der Waals surface area contributed by atoms with Crippen molar-refractivity contribution in [3.63, 3.8) is 0 Å². The lowest BCUT2D eigenvalue weighted by atomic mass is 10.1. The van der Waals surface area contributed by atoms with E-state index in [0.717, 1.165) is 16.9 Å². The summed E-state index contributed by atoms with van der Waals surface area (Å²) in [4.78, 5) is 26.8. The Kier molecular flexibility index (Phi) is 8.18. The van der Waals surface area contributed by atoms with Gasteiger partial charge in [-0.05, 0) is 30.2 Å². The molecule has 3 rings (SSSR count). The molecule has 2 aromatic carbocycles. The number of amides is 2. The molecular weight excluding hydrogens is 397 g/mol. The van der Waals surface area contributed by atoms with Crippen molar-refractivity contribution in [1.29, 1.82) is 0 Å². The summed E-state index contributed by atoms with van der Waals surface area (Å²) in [5.74, 6) is 0.191. The van der Waals surface area contributed by atoms with Crippen LogP contribution in [0.1, 0.15) is 17.5 Å². The molecule has 0 bridgehead atoms. The van der Waals surface area contributed by atoms with Crippen molar-refractivity contribution in [1.82, 2.24) is 15.5 Å². The van der Waals surface area contributed by atoms with E-state index in [9.17, 15) is 14.0 Å². The molecule has 2 N–H and O–H groups in total. The van der Waals surface area contributed by atoms with Crippen LogP contribution in [0.4, 0.5) is 4.39 Å². The zero-order chi connectivity index (χ0) is 22.1. The number of rotatable bonds is 9. The number of hydrogen-bond donors (Lipinski definition) is 2. The predicted molar refractivity (Wildman–Crippen MR) is 118 cm³/mol. The highest BCUT2D eigenvalue weighted by atomic mass is 19.1. The lowest BCUT2D eigenvalue weighted by molar-refractivity contribution is -0.133. The van der Waals surface area contributed by atoms with Crippen LogP contribution >= 0.6 is 0 Å². The van der Waals surface area contributed by atoms with Crippen molar-refractivity contribution in [2.24, 2.45) is 0 Å². The minimum atomic E-state index is -0.512. The Morgan fingerprint density at radius 3 is 2.81 bits per heavy atom. The molecule has 2 aromatic rings. The van der Waals surface area contributed by atoms with Gasteiger partial charge in [0, 0.05) is 31.7 Å². The third-order valence-corrected chi connectivity index (χ3v) is 5.25. The first-order valence-electron chi connectivity index (χ1n) is 10.4. The molecule has 0 saturated carbocycles.